The highest BCUT2D eigenvalue weighted by atomic mass is 19.4. The second kappa shape index (κ2) is 6.18. The Labute approximate surface area is 104 Å². The summed E-state index contributed by atoms with van der Waals surface area (Å²) >= 11 is 0. The zero-order valence-corrected chi connectivity index (χ0v) is 10.4. The van der Waals surface area contributed by atoms with Crippen molar-refractivity contribution in [2.45, 2.75) is 38.4 Å². The molecule has 18 heavy (non-hydrogen) atoms. The van der Waals surface area contributed by atoms with Gasteiger partial charge in [-0.2, -0.15) is 13.2 Å². The molecular weight excluding hydrogens is 246 g/mol. The SMILES string of the molecule is CNC(CCCC(F)(F)F)c1cc(C)cc(F)c1. The second-order valence-corrected chi connectivity index (χ2v) is 4.41. The third-order valence-corrected chi connectivity index (χ3v) is 2.77. The molecule has 1 aromatic rings. The van der Waals surface area contributed by atoms with Crippen LogP contribution in [0.5, 0.6) is 0 Å². The minimum Gasteiger partial charge on any atom is -0.313 e. The molecule has 1 aromatic carbocycles. The first-order valence-corrected chi connectivity index (χ1v) is 5.83. The summed E-state index contributed by atoms with van der Waals surface area (Å²) in [6.45, 7) is 1.76. The molecule has 0 aliphatic carbocycles. The van der Waals surface area contributed by atoms with E-state index < -0.39 is 12.6 Å². The molecule has 0 aromatic heterocycles. The number of aryl methyl sites for hydroxylation is 1. The van der Waals surface area contributed by atoms with Gasteiger partial charge < -0.3 is 5.32 Å². The predicted octanol–water partition coefficient (Wildman–Crippen LogP) is 4.13. The van der Waals surface area contributed by atoms with E-state index in [9.17, 15) is 17.6 Å². The lowest BCUT2D eigenvalue weighted by atomic mass is 9.99. The van der Waals surface area contributed by atoms with Crippen LogP contribution < -0.4 is 5.32 Å². The maximum Gasteiger partial charge on any atom is 0.389 e. The van der Waals surface area contributed by atoms with Gasteiger partial charge in [0.05, 0.1) is 0 Å². The minimum absolute atomic E-state index is 0.0323. The number of rotatable bonds is 5. The van der Waals surface area contributed by atoms with Crippen molar-refractivity contribution in [3.8, 4) is 0 Å². The Balaban J connectivity index is 2.65. The zero-order chi connectivity index (χ0) is 13.8. The van der Waals surface area contributed by atoms with Crippen LogP contribution in [0, 0.1) is 12.7 Å². The summed E-state index contributed by atoms with van der Waals surface area (Å²) in [5, 5.41) is 2.93. The van der Waals surface area contributed by atoms with E-state index in [1.165, 1.54) is 12.1 Å². The van der Waals surface area contributed by atoms with Crippen LogP contribution in [-0.4, -0.2) is 13.2 Å². The van der Waals surface area contributed by atoms with Crippen molar-refractivity contribution >= 4 is 0 Å². The first kappa shape index (κ1) is 15.0. The van der Waals surface area contributed by atoms with Gasteiger partial charge in [0.25, 0.3) is 0 Å². The fourth-order valence-corrected chi connectivity index (χ4v) is 1.95. The number of benzene rings is 1. The molecule has 0 aliphatic heterocycles. The summed E-state index contributed by atoms with van der Waals surface area (Å²) in [5.74, 6) is -0.360. The van der Waals surface area contributed by atoms with Crippen molar-refractivity contribution < 1.29 is 17.6 Å². The molecule has 0 bridgehead atoms. The van der Waals surface area contributed by atoms with Gasteiger partial charge in [0, 0.05) is 12.5 Å². The highest BCUT2D eigenvalue weighted by molar-refractivity contribution is 5.26. The molecule has 0 heterocycles. The van der Waals surface area contributed by atoms with Gasteiger partial charge in [-0.05, 0) is 50.1 Å². The van der Waals surface area contributed by atoms with Gasteiger partial charge in [0.15, 0.2) is 0 Å². The first-order chi connectivity index (χ1) is 8.31. The summed E-state index contributed by atoms with van der Waals surface area (Å²) in [7, 11) is 1.67. The van der Waals surface area contributed by atoms with E-state index in [4.69, 9.17) is 0 Å². The summed E-state index contributed by atoms with van der Waals surface area (Å²) in [4.78, 5) is 0. The van der Waals surface area contributed by atoms with E-state index in [0.717, 1.165) is 5.56 Å². The third-order valence-electron chi connectivity index (χ3n) is 2.77. The van der Waals surface area contributed by atoms with Crippen molar-refractivity contribution in [2.75, 3.05) is 7.05 Å². The van der Waals surface area contributed by atoms with Crippen molar-refractivity contribution in [1.82, 2.24) is 5.32 Å². The molecule has 0 spiro atoms. The van der Waals surface area contributed by atoms with Gasteiger partial charge in [-0.3, -0.25) is 0 Å². The fourth-order valence-electron chi connectivity index (χ4n) is 1.95. The van der Waals surface area contributed by atoms with Gasteiger partial charge in [-0.25, -0.2) is 4.39 Å². The predicted molar refractivity (Wildman–Crippen MR) is 62.8 cm³/mol. The maximum absolute atomic E-state index is 13.2. The summed E-state index contributed by atoms with van der Waals surface area (Å²) in [5.41, 5.74) is 1.46. The van der Waals surface area contributed by atoms with Crippen LogP contribution in [0.3, 0.4) is 0 Å². The van der Waals surface area contributed by atoms with E-state index in [2.05, 4.69) is 5.32 Å². The Hall–Kier alpha value is -1.10. The smallest absolute Gasteiger partial charge is 0.313 e. The molecule has 1 N–H and O–H groups in total. The molecule has 1 nitrogen and oxygen atoms in total. The molecule has 0 fully saturated rings. The topological polar surface area (TPSA) is 12.0 Å². The van der Waals surface area contributed by atoms with Gasteiger partial charge in [-0.1, -0.05) is 6.07 Å². The van der Waals surface area contributed by atoms with Crippen LogP contribution >= 0.6 is 0 Å². The lowest BCUT2D eigenvalue weighted by molar-refractivity contribution is -0.135. The Morgan fingerprint density at radius 3 is 2.39 bits per heavy atom. The second-order valence-electron chi connectivity index (χ2n) is 4.41. The van der Waals surface area contributed by atoms with Crippen LogP contribution in [0.4, 0.5) is 17.6 Å². The average Bonchev–Trinajstić information content (AvgIpc) is 2.21. The fraction of sp³-hybridized carbons (Fsp3) is 0.538. The highest BCUT2D eigenvalue weighted by Gasteiger charge is 2.26. The number of hydrogen-bond donors (Lipinski definition) is 1. The molecule has 0 saturated carbocycles. The van der Waals surface area contributed by atoms with Crippen LogP contribution in [-0.2, 0) is 0 Å². The number of halogens is 4. The van der Waals surface area contributed by atoms with Crippen molar-refractivity contribution in [3.05, 3.63) is 35.1 Å². The minimum atomic E-state index is -4.13. The molecule has 0 aliphatic rings. The Morgan fingerprint density at radius 1 is 1.22 bits per heavy atom. The van der Waals surface area contributed by atoms with Crippen LogP contribution in [0.2, 0.25) is 0 Å². The first-order valence-electron chi connectivity index (χ1n) is 5.83. The van der Waals surface area contributed by atoms with Crippen molar-refractivity contribution in [2.24, 2.45) is 0 Å². The third kappa shape index (κ3) is 5.04. The van der Waals surface area contributed by atoms with E-state index in [-0.39, 0.29) is 18.3 Å². The molecule has 5 heteroatoms. The van der Waals surface area contributed by atoms with Crippen LogP contribution in [0.25, 0.3) is 0 Å². The molecular formula is C13H17F4N. The summed E-state index contributed by atoms with van der Waals surface area (Å²) < 4.78 is 49.4. The summed E-state index contributed by atoms with van der Waals surface area (Å²) in [6.07, 6.45) is -4.57. The van der Waals surface area contributed by atoms with E-state index in [1.54, 1.807) is 20.0 Å². The maximum atomic E-state index is 13.2. The summed E-state index contributed by atoms with van der Waals surface area (Å²) in [6, 6.07) is 4.30. The normalized spacial score (nSPS) is 13.7. The number of alkyl halides is 3. The molecule has 1 unspecified atom stereocenters. The van der Waals surface area contributed by atoms with Crippen LogP contribution in [0.1, 0.15) is 36.4 Å². The average molecular weight is 263 g/mol. The Kier molecular flexibility index (Phi) is 5.14. The van der Waals surface area contributed by atoms with Gasteiger partial charge in [0.2, 0.25) is 0 Å². The van der Waals surface area contributed by atoms with E-state index >= 15 is 0 Å². The van der Waals surface area contributed by atoms with Crippen molar-refractivity contribution in [1.29, 1.82) is 0 Å². The molecule has 0 amide bonds. The standard InChI is InChI=1S/C13H17F4N/c1-9-6-10(8-11(14)7-9)12(18-2)4-3-5-13(15,16)17/h6-8,12,18H,3-5H2,1-2H3. The zero-order valence-electron chi connectivity index (χ0n) is 10.4. The Morgan fingerprint density at radius 2 is 1.89 bits per heavy atom. The van der Waals surface area contributed by atoms with Gasteiger partial charge in [0.1, 0.15) is 5.82 Å². The number of nitrogens with one attached hydrogen (secondary N) is 1. The van der Waals surface area contributed by atoms with Gasteiger partial charge >= 0.3 is 6.18 Å². The Bertz CT molecular complexity index is 367. The lowest BCUT2D eigenvalue weighted by Crippen LogP contribution is -2.18. The molecule has 1 atom stereocenters. The quantitative estimate of drug-likeness (QED) is 0.788. The van der Waals surface area contributed by atoms with Crippen molar-refractivity contribution in [3.63, 3.8) is 0 Å². The molecule has 0 radical (unpaired) electrons. The highest BCUT2D eigenvalue weighted by Crippen LogP contribution is 2.26. The number of hydrogen-bond acceptors (Lipinski definition) is 1. The van der Waals surface area contributed by atoms with E-state index in [1.807, 2.05) is 0 Å². The van der Waals surface area contributed by atoms with E-state index in [0.29, 0.717) is 12.0 Å². The lowest BCUT2D eigenvalue weighted by Gasteiger charge is -2.17. The molecule has 102 valence electrons. The van der Waals surface area contributed by atoms with Crippen LogP contribution in [0.15, 0.2) is 18.2 Å². The van der Waals surface area contributed by atoms with Gasteiger partial charge in [-0.15, -0.1) is 0 Å². The molecule has 1 rings (SSSR count). The monoisotopic (exact) mass is 263 g/mol. The molecule has 0 saturated heterocycles. The largest absolute Gasteiger partial charge is 0.389 e.